The third kappa shape index (κ3) is 5.73. The lowest BCUT2D eigenvalue weighted by molar-refractivity contribution is -0.122. The third-order valence-corrected chi connectivity index (χ3v) is 2.98. The molecule has 0 aromatic heterocycles. The van der Waals surface area contributed by atoms with Crippen molar-refractivity contribution in [3.63, 3.8) is 0 Å². The zero-order valence-corrected chi connectivity index (χ0v) is 12.2. The van der Waals surface area contributed by atoms with E-state index in [1.165, 1.54) is 6.92 Å². The zero-order chi connectivity index (χ0) is 15.0. The van der Waals surface area contributed by atoms with Crippen LogP contribution in [0.4, 0.5) is 0 Å². The molecule has 0 aliphatic heterocycles. The average molecular weight is 278 g/mol. The van der Waals surface area contributed by atoms with Crippen LogP contribution in [0, 0.1) is 0 Å². The van der Waals surface area contributed by atoms with Crippen molar-refractivity contribution in [3.8, 4) is 5.75 Å². The van der Waals surface area contributed by atoms with Crippen LogP contribution in [-0.2, 0) is 9.59 Å². The van der Waals surface area contributed by atoms with E-state index in [1.807, 2.05) is 31.2 Å². The maximum Gasteiger partial charge on any atom is 0.220 e. The highest BCUT2D eigenvalue weighted by Crippen LogP contribution is 2.22. The van der Waals surface area contributed by atoms with Crippen molar-refractivity contribution in [2.75, 3.05) is 20.2 Å². The summed E-state index contributed by atoms with van der Waals surface area (Å²) in [6.45, 7) is 4.35. The molecule has 0 heterocycles. The van der Waals surface area contributed by atoms with Gasteiger partial charge in [-0.05, 0) is 23.6 Å². The van der Waals surface area contributed by atoms with E-state index in [9.17, 15) is 9.59 Å². The lowest BCUT2D eigenvalue weighted by atomic mass is 9.97. The van der Waals surface area contributed by atoms with Gasteiger partial charge in [0.2, 0.25) is 11.8 Å². The average Bonchev–Trinajstić information content (AvgIpc) is 2.43. The number of hydrogen-bond donors (Lipinski definition) is 2. The molecule has 1 unspecified atom stereocenters. The number of carbonyl (C=O) groups excluding carboxylic acids is 2. The molecule has 1 aromatic rings. The second kappa shape index (κ2) is 8.19. The van der Waals surface area contributed by atoms with Gasteiger partial charge < -0.3 is 15.4 Å². The molecule has 0 radical (unpaired) electrons. The highest BCUT2D eigenvalue weighted by molar-refractivity contribution is 5.77. The van der Waals surface area contributed by atoms with Gasteiger partial charge in [-0.3, -0.25) is 9.59 Å². The second-order valence-corrected chi connectivity index (χ2v) is 4.71. The Morgan fingerprint density at radius 2 is 1.95 bits per heavy atom. The van der Waals surface area contributed by atoms with Crippen LogP contribution in [0.15, 0.2) is 24.3 Å². The Labute approximate surface area is 119 Å². The fourth-order valence-electron chi connectivity index (χ4n) is 1.86. The van der Waals surface area contributed by atoms with Gasteiger partial charge >= 0.3 is 0 Å². The molecule has 0 aliphatic rings. The smallest absolute Gasteiger partial charge is 0.220 e. The van der Waals surface area contributed by atoms with Gasteiger partial charge in [-0.25, -0.2) is 0 Å². The first-order valence-electron chi connectivity index (χ1n) is 6.68. The van der Waals surface area contributed by atoms with E-state index < -0.39 is 0 Å². The Hall–Kier alpha value is -2.04. The van der Waals surface area contributed by atoms with Gasteiger partial charge in [-0.2, -0.15) is 0 Å². The fourth-order valence-corrected chi connectivity index (χ4v) is 1.86. The molecule has 5 heteroatoms. The van der Waals surface area contributed by atoms with E-state index in [0.717, 1.165) is 11.3 Å². The van der Waals surface area contributed by atoms with Crippen LogP contribution in [0.3, 0.4) is 0 Å². The van der Waals surface area contributed by atoms with Gasteiger partial charge in [0.25, 0.3) is 0 Å². The first-order chi connectivity index (χ1) is 9.52. The monoisotopic (exact) mass is 278 g/mol. The van der Waals surface area contributed by atoms with Gasteiger partial charge in [0.15, 0.2) is 0 Å². The van der Waals surface area contributed by atoms with Crippen LogP contribution in [0.1, 0.15) is 31.7 Å². The Bertz CT molecular complexity index is 460. The zero-order valence-electron chi connectivity index (χ0n) is 12.2. The minimum atomic E-state index is -0.0935. The molecule has 0 saturated heterocycles. The number of amides is 2. The molecular weight excluding hydrogens is 256 g/mol. The summed E-state index contributed by atoms with van der Waals surface area (Å²) in [6.07, 6.45) is 0.410. The summed E-state index contributed by atoms with van der Waals surface area (Å²) < 4.78 is 5.17. The Morgan fingerprint density at radius 3 is 2.60 bits per heavy atom. The minimum absolute atomic E-state index is 0.0225. The van der Waals surface area contributed by atoms with Gasteiger partial charge in [-0.1, -0.05) is 19.1 Å². The van der Waals surface area contributed by atoms with Crippen molar-refractivity contribution >= 4 is 11.8 Å². The highest BCUT2D eigenvalue weighted by atomic mass is 16.5. The predicted octanol–water partition coefficient (Wildman–Crippen LogP) is 1.44. The van der Waals surface area contributed by atoms with E-state index in [1.54, 1.807) is 7.11 Å². The van der Waals surface area contributed by atoms with Crippen molar-refractivity contribution in [2.45, 2.75) is 26.2 Å². The quantitative estimate of drug-likeness (QED) is 0.742. The molecule has 2 amide bonds. The minimum Gasteiger partial charge on any atom is -0.497 e. The lowest BCUT2D eigenvalue weighted by Crippen LogP contribution is -2.34. The van der Waals surface area contributed by atoms with Crippen LogP contribution in [-0.4, -0.2) is 32.0 Å². The molecule has 0 spiro atoms. The van der Waals surface area contributed by atoms with Gasteiger partial charge in [0, 0.05) is 26.4 Å². The summed E-state index contributed by atoms with van der Waals surface area (Å²) in [5.74, 6) is 0.793. The number of benzene rings is 1. The Balaban J connectivity index is 2.38. The lowest BCUT2D eigenvalue weighted by Gasteiger charge is -2.13. The SMILES string of the molecule is COc1cccc(C(C)CC(=O)NCCNC(C)=O)c1. The molecule has 1 atom stereocenters. The van der Waals surface area contributed by atoms with Crippen LogP contribution in [0.25, 0.3) is 0 Å². The van der Waals surface area contributed by atoms with Crippen molar-refractivity contribution < 1.29 is 14.3 Å². The maximum absolute atomic E-state index is 11.8. The Kier molecular flexibility index (Phi) is 6.56. The van der Waals surface area contributed by atoms with Crippen LogP contribution in [0.2, 0.25) is 0 Å². The van der Waals surface area contributed by atoms with E-state index in [-0.39, 0.29) is 17.7 Å². The molecule has 1 aromatic carbocycles. The van der Waals surface area contributed by atoms with Crippen molar-refractivity contribution in [1.29, 1.82) is 0 Å². The molecule has 0 bridgehead atoms. The first kappa shape index (κ1) is 16.0. The summed E-state index contributed by atoms with van der Waals surface area (Å²) in [5.41, 5.74) is 1.07. The molecule has 2 N–H and O–H groups in total. The van der Waals surface area contributed by atoms with Crippen molar-refractivity contribution in [1.82, 2.24) is 10.6 Å². The van der Waals surface area contributed by atoms with Crippen LogP contribution >= 0.6 is 0 Å². The third-order valence-electron chi connectivity index (χ3n) is 2.98. The molecule has 1 rings (SSSR count). The first-order valence-corrected chi connectivity index (χ1v) is 6.68. The summed E-state index contributed by atoms with van der Waals surface area (Å²) in [7, 11) is 1.62. The number of methoxy groups -OCH3 is 1. The van der Waals surface area contributed by atoms with Gasteiger partial charge in [0.1, 0.15) is 5.75 Å². The maximum atomic E-state index is 11.8. The summed E-state index contributed by atoms with van der Waals surface area (Å²) in [4.78, 5) is 22.4. The molecular formula is C15H22N2O3. The fraction of sp³-hybridized carbons (Fsp3) is 0.467. The summed E-state index contributed by atoms with van der Waals surface area (Å²) in [6, 6.07) is 7.72. The van der Waals surface area contributed by atoms with Crippen molar-refractivity contribution in [3.05, 3.63) is 29.8 Å². The topological polar surface area (TPSA) is 67.4 Å². The summed E-state index contributed by atoms with van der Waals surface area (Å²) >= 11 is 0. The molecule has 5 nitrogen and oxygen atoms in total. The van der Waals surface area contributed by atoms with Gasteiger partial charge in [-0.15, -0.1) is 0 Å². The largest absolute Gasteiger partial charge is 0.497 e. The predicted molar refractivity (Wildman–Crippen MR) is 77.7 cm³/mol. The number of rotatable bonds is 7. The summed E-state index contributed by atoms with van der Waals surface area (Å²) in [5, 5.41) is 5.41. The molecule has 0 saturated carbocycles. The van der Waals surface area contributed by atoms with Gasteiger partial charge in [0.05, 0.1) is 7.11 Å². The molecule has 0 aliphatic carbocycles. The van der Waals surface area contributed by atoms with E-state index in [4.69, 9.17) is 4.74 Å². The Morgan fingerprint density at radius 1 is 1.25 bits per heavy atom. The van der Waals surface area contributed by atoms with E-state index >= 15 is 0 Å². The number of hydrogen-bond acceptors (Lipinski definition) is 3. The number of carbonyl (C=O) groups is 2. The number of nitrogens with one attached hydrogen (secondary N) is 2. The van der Waals surface area contributed by atoms with Crippen LogP contribution in [0.5, 0.6) is 5.75 Å². The standard InChI is InChI=1S/C15H22N2O3/c1-11(13-5-4-6-14(10-13)20-3)9-15(19)17-8-7-16-12(2)18/h4-6,10-11H,7-9H2,1-3H3,(H,16,18)(H,17,19). The molecule has 20 heavy (non-hydrogen) atoms. The normalized spacial score (nSPS) is 11.6. The van der Waals surface area contributed by atoms with E-state index in [0.29, 0.717) is 19.5 Å². The van der Waals surface area contributed by atoms with Crippen molar-refractivity contribution in [2.24, 2.45) is 0 Å². The number of ether oxygens (including phenoxy) is 1. The molecule has 110 valence electrons. The van der Waals surface area contributed by atoms with E-state index in [2.05, 4.69) is 10.6 Å². The highest BCUT2D eigenvalue weighted by Gasteiger charge is 2.11. The molecule has 0 fully saturated rings. The second-order valence-electron chi connectivity index (χ2n) is 4.71. The van der Waals surface area contributed by atoms with Crippen LogP contribution < -0.4 is 15.4 Å².